The molecule has 3 rings (SSSR count). The summed E-state index contributed by atoms with van der Waals surface area (Å²) >= 11 is 0. The minimum atomic E-state index is 0.146. The zero-order valence-corrected chi connectivity index (χ0v) is 14.3. The molecule has 118 valence electrons. The lowest BCUT2D eigenvalue weighted by Crippen LogP contribution is -2.48. The van der Waals surface area contributed by atoms with Crippen molar-refractivity contribution >= 4 is 0 Å². The molecule has 0 saturated heterocycles. The van der Waals surface area contributed by atoms with Gasteiger partial charge in [-0.2, -0.15) is 0 Å². The van der Waals surface area contributed by atoms with Crippen molar-refractivity contribution in [3.05, 3.63) is 22.8 Å². The Bertz CT molecular complexity index is 484. The van der Waals surface area contributed by atoms with Gasteiger partial charge in [0.1, 0.15) is 0 Å². The predicted octanol–water partition coefficient (Wildman–Crippen LogP) is 5.26. The molecule has 1 heteroatoms. The van der Waals surface area contributed by atoms with Crippen molar-refractivity contribution in [2.75, 3.05) is 6.61 Å². The summed E-state index contributed by atoms with van der Waals surface area (Å²) in [5.41, 5.74) is 5.56. The van der Waals surface area contributed by atoms with Crippen LogP contribution in [-0.4, -0.2) is 11.7 Å². The van der Waals surface area contributed by atoms with Gasteiger partial charge in [-0.3, -0.25) is 0 Å². The van der Waals surface area contributed by atoms with E-state index in [1.54, 1.807) is 16.7 Å². The van der Waals surface area contributed by atoms with E-state index in [0.29, 0.717) is 23.9 Å². The summed E-state index contributed by atoms with van der Waals surface area (Å²) < 4.78 is 0. The number of rotatable bonds is 2. The van der Waals surface area contributed by atoms with Crippen molar-refractivity contribution in [2.45, 2.75) is 72.6 Å². The van der Waals surface area contributed by atoms with Crippen LogP contribution in [0.25, 0.3) is 0 Å². The predicted molar refractivity (Wildman–Crippen MR) is 89.1 cm³/mol. The molecule has 0 aromatic rings. The quantitative estimate of drug-likeness (QED) is 0.735. The molecule has 0 unspecified atom stereocenters. The molecule has 21 heavy (non-hydrogen) atoms. The molecule has 1 fully saturated rings. The Balaban J connectivity index is 2.00. The maximum absolute atomic E-state index is 9.99. The number of fused-ring (bicyclic) bond motifs is 2. The van der Waals surface area contributed by atoms with Crippen molar-refractivity contribution in [3.63, 3.8) is 0 Å². The van der Waals surface area contributed by atoms with Crippen LogP contribution in [0.2, 0.25) is 0 Å². The molecule has 0 radical (unpaired) electrons. The van der Waals surface area contributed by atoms with Crippen molar-refractivity contribution in [3.8, 4) is 0 Å². The van der Waals surface area contributed by atoms with Crippen LogP contribution in [-0.2, 0) is 0 Å². The fraction of sp³-hybridized carbons (Fsp3) is 0.800. The minimum Gasteiger partial charge on any atom is -0.396 e. The molecular weight excluding hydrogens is 256 g/mol. The minimum absolute atomic E-state index is 0.146. The lowest BCUT2D eigenvalue weighted by molar-refractivity contribution is -0.0387. The maximum Gasteiger partial charge on any atom is 0.0487 e. The summed E-state index contributed by atoms with van der Waals surface area (Å²) in [6.45, 7) is 9.86. The third-order valence-corrected chi connectivity index (χ3v) is 6.96. The van der Waals surface area contributed by atoms with E-state index in [0.717, 1.165) is 0 Å². The Morgan fingerprint density at radius 2 is 1.95 bits per heavy atom. The third-order valence-electron chi connectivity index (χ3n) is 6.96. The van der Waals surface area contributed by atoms with Gasteiger partial charge in [0.05, 0.1) is 0 Å². The van der Waals surface area contributed by atoms with E-state index < -0.39 is 0 Å². The highest BCUT2D eigenvalue weighted by atomic mass is 16.3. The second-order valence-corrected chi connectivity index (χ2v) is 8.55. The average molecular weight is 288 g/mol. The van der Waals surface area contributed by atoms with Gasteiger partial charge in [-0.15, -0.1) is 0 Å². The molecule has 3 aliphatic rings. The van der Waals surface area contributed by atoms with E-state index in [4.69, 9.17) is 0 Å². The first-order chi connectivity index (χ1) is 9.90. The van der Waals surface area contributed by atoms with E-state index >= 15 is 0 Å². The number of allylic oxidation sites excluding steroid dienone is 4. The normalized spacial score (nSPS) is 39.9. The second kappa shape index (κ2) is 5.26. The summed E-state index contributed by atoms with van der Waals surface area (Å²) in [6.07, 6.45) is 11.4. The van der Waals surface area contributed by atoms with Crippen molar-refractivity contribution < 1.29 is 5.11 Å². The zero-order valence-electron chi connectivity index (χ0n) is 14.3. The summed E-state index contributed by atoms with van der Waals surface area (Å²) in [7, 11) is 0. The first-order valence-electron chi connectivity index (χ1n) is 8.94. The molecule has 0 aliphatic heterocycles. The SMILES string of the molecule is CC(C)C1=CC2=C(CC1)[C@@]1(C)CCC[C@@](C)(CO)[C@H]1CC2. The maximum atomic E-state index is 9.99. The molecule has 3 atom stereocenters. The summed E-state index contributed by atoms with van der Waals surface area (Å²) in [4.78, 5) is 0. The fourth-order valence-electron chi connectivity index (χ4n) is 5.64. The lowest BCUT2D eigenvalue weighted by Gasteiger charge is -2.56. The Hall–Kier alpha value is -0.560. The number of hydrogen-bond donors (Lipinski definition) is 1. The standard InChI is InChI=1S/C20H32O/c1-14(2)15-6-8-17-16(12-15)7-9-18-19(3,13-21)10-5-11-20(17,18)4/h12,14,18,21H,5-11,13H2,1-4H3/t18-,19+,20-/m1/s1. The van der Waals surface area contributed by atoms with Crippen LogP contribution in [0.1, 0.15) is 72.6 Å². The molecule has 1 saturated carbocycles. The average Bonchev–Trinajstić information content (AvgIpc) is 2.46. The van der Waals surface area contributed by atoms with Crippen LogP contribution >= 0.6 is 0 Å². The first-order valence-corrected chi connectivity index (χ1v) is 8.94. The molecule has 0 heterocycles. The van der Waals surface area contributed by atoms with Crippen LogP contribution in [0.3, 0.4) is 0 Å². The van der Waals surface area contributed by atoms with Crippen LogP contribution in [0.15, 0.2) is 22.8 Å². The summed E-state index contributed by atoms with van der Waals surface area (Å²) in [5.74, 6) is 1.37. The van der Waals surface area contributed by atoms with E-state index in [2.05, 4.69) is 33.8 Å². The number of hydrogen-bond acceptors (Lipinski definition) is 1. The topological polar surface area (TPSA) is 20.2 Å². The van der Waals surface area contributed by atoms with Gasteiger partial charge in [0.25, 0.3) is 0 Å². The highest BCUT2D eigenvalue weighted by Crippen LogP contribution is 2.61. The van der Waals surface area contributed by atoms with E-state index in [1.807, 2.05) is 0 Å². The van der Waals surface area contributed by atoms with E-state index in [1.165, 1.54) is 44.9 Å². The first kappa shape index (κ1) is 15.3. The van der Waals surface area contributed by atoms with Crippen molar-refractivity contribution in [2.24, 2.45) is 22.7 Å². The lowest BCUT2D eigenvalue weighted by atomic mass is 9.49. The van der Waals surface area contributed by atoms with Gasteiger partial charge in [0.15, 0.2) is 0 Å². The van der Waals surface area contributed by atoms with Gasteiger partial charge in [-0.25, -0.2) is 0 Å². The van der Waals surface area contributed by atoms with Crippen molar-refractivity contribution in [1.82, 2.24) is 0 Å². The van der Waals surface area contributed by atoms with Gasteiger partial charge >= 0.3 is 0 Å². The van der Waals surface area contributed by atoms with Gasteiger partial charge in [0, 0.05) is 6.61 Å². The zero-order chi connectivity index (χ0) is 15.3. The Kier molecular flexibility index (Phi) is 3.84. The van der Waals surface area contributed by atoms with Gasteiger partial charge in [-0.05, 0) is 66.8 Å². The highest BCUT2D eigenvalue weighted by Gasteiger charge is 2.52. The molecule has 1 N–H and O–H groups in total. The fourth-order valence-corrected chi connectivity index (χ4v) is 5.64. The van der Waals surface area contributed by atoms with Crippen LogP contribution in [0.5, 0.6) is 0 Å². The molecule has 3 aliphatic carbocycles. The van der Waals surface area contributed by atoms with Gasteiger partial charge in [0.2, 0.25) is 0 Å². The molecular formula is C20H32O. The second-order valence-electron chi connectivity index (χ2n) is 8.55. The van der Waals surface area contributed by atoms with E-state index in [9.17, 15) is 5.11 Å². The highest BCUT2D eigenvalue weighted by molar-refractivity contribution is 5.40. The summed E-state index contributed by atoms with van der Waals surface area (Å²) in [5, 5.41) is 9.99. The molecule has 0 bridgehead atoms. The van der Waals surface area contributed by atoms with Crippen molar-refractivity contribution in [1.29, 1.82) is 0 Å². The van der Waals surface area contributed by atoms with Crippen LogP contribution in [0, 0.1) is 22.7 Å². The van der Waals surface area contributed by atoms with E-state index in [-0.39, 0.29) is 5.41 Å². The monoisotopic (exact) mass is 288 g/mol. The Morgan fingerprint density at radius 1 is 1.19 bits per heavy atom. The number of aliphatic hydroxyl groups is 1. The summed E-state index contributed by atoms with van der Waals surface area (Å²) in [6, 6.07) is 0. The number of aliphatic hydroxyl groups excluding tert-OH is 1. The van der Waals surface area contributed by atoms with Crippen LogP contribution < -0.4 is 0 Å². The molecule has 0 aromatic heterocycles. The Labute approximate surface area is 130 Å². The van der Waals surface area contributed by atoms with Gasteiger partial charge < -0.3 is 5.11 Å². The Morgan fingerprint density at radius 3 is 2.62 bits per heavy atom. The molecule has 0 aromatic carbocycles. The molecule has 1 nitrogen and oxygen atoms in total. The van der Waals surface area contributed by atoms with Crippen LogP contribution in [0.4, 0.5) is 0 Å². The molecule has 0 amide bonds. The third kappa shape index (κ3) is 2.32. The smallest absolute Gasteiger partial charge is 0.0487 e. The molecule has 0 spiro atoms. The largest absolute Gasteiger partial charge is 0.396 e. The van der Waals surface area contributed by atoms with Gasteiger partial charge in [-0.1, -0.05) is 51.3 Å².